The largest absolute Gasteiger partial charge is 0.478 e. The molecule has 0 atom stereocenters. The molecule has 1 rings (SSSR count). The predicted molar refractivity (Wildman–Crippen MR) is 64.4 cm³/mol. The lowest BCUT2D eigenvalue weighted by Gasteiger charge is -1.88. The van der Waals surface area contributed by atoms with Crippen LogP contribution in [0, 0.1) is 0 Å². The van der Waals surface area contributed by atoms with Crippen molar-refractivity contribution in [2.45, 2.75) is 0 Å². The Kier molecular flexibility index (Phi) is 9.62. The maximum absolute atomic E-state index is 10.2. The topological polar surface area (TPSA) is 115 Å². The Balaban J connectivity index is 0. The van der Waals surface area contributed by atoms with E-state index in [1.165, 1.54) is 0 Å². The van der Waals surface area contributed by atoms with Gasteiger partial charge in [0.15, 0.2) is 0 Å². The summed E-state index contributed by atoms with van der Waals surface area (Å²) in [5, 5.41) is 8.38. The van der Waals surface area contributed by atoms with E-state index in [2.05, 4.69) is 5.73 Å². The first-order valence-electron chi connectivity index (χ1n) is 4.31. The molecule has 7 heteroatoms. The van der Waals surface area contributed by atoms with Crippen LogP contribution in [-0.2, 0) is 14.6 Å². The van der Waals surface area contributed by atoms with Gasteiger partial charge in [-0.3, -0.25) is 4.79 Å². The van der Waals surface area contributed by atoms with Gasteiger partial charge in [-0.1, -0.05) is 18.2 Å². The van der Waals surface area contributed by atoms with Gasteiger partial charge in [0.25, 0.3) is 0 Å². The predicted octanol–water partition coefficient (Wildman–Crippen LogP) is 0.147. The first-order valence-corrected chi connectivity index (χ1v) is 6.61. The third-order valence-corrected chi connectivity index (χ3v) is 1.02. The van der Waals surface area contributed by atoms with E-state index < -0.39 is 15.8 Å². The summed E-state index contributed by atoms with van der Waals surface area (Å²) < 4.78 is 19.3. The maximum atomic E-state index is 10.2. The molecule has 0 heterocycles. The van der Waals surface area contributed by atoms with Gasteiger partial charge in [-0.25, -0.2) is 13.2 Å². The Morgan fingerprint density at radius 1 is 1.24 bits per heavy atom. The number of carboxylic acids is 1. The van der Waals surface area contributed by atoms with Crippen molar-refractivity contribution in [3.63, 3.8) is 0 Å². The number of benzene rings is 1. The fourth-order valence-electron chi connectivity index (χ4n) is 0.581. The second kappa shape index (κ2) is 9.34. The lowest BCUT2D eigenvalue weighted by molar-refractivity contribution is -0.106. The van der Waals surface area contributed by atoms with Crippen LogP contribution in [0.2, 0.25) is 0 Å². The van der Waals surface area contributed by atoms with Gasteiger partial charge in [0.2, 0.25) is 6.41 Å². The Morgan fingerprint density at radius 2 is 1.53 bits per heavy atom. The smallest absolute Gasteiger partial charge is 0.335 e. The molecule has 96 valence electrons. The zero-order valence-electron chi connectivity index (χ0n) is 9.53. The highest BCUT2D eigenvalue weighted by molar-refractivity contribution is 7.89. The molecule has 0 bridgehead atoms. The van der Waals surface area contributed by atoms with E-state index in [-0.39, 0.29) is 6.41 Å². The molecule has 0 aliphatic carbocycles. The van der Waals surface area contributed by atoms with Crippen LogP contribution in [0.3, 0.4) is 0 Å². The van der Waals surface area contributed by atoms with Crippen molar-refractivity contribution in [2.75, 3.05) is 12.5 Å². The monoisotopic (exact) mass is 261 g/mol. The molecule has 0 fully saturated rings. The van der Waals surface area contributed by atoms with Crippen molar-refractivity contribution in [3.05, 3.63) is 35.9 Å². The number of hydrogen-bond acceptors (Lipinski definition) is 4. The summed E-state index contributed by atoms with van der Waals surface area (Å²) in [4.78, 5) is 18.8. The Labute approximate surface area is 100.0 Å². The molecular weight excluding hydrogens is 246 g/mol. The lowest BCUT2D eigenvalue weighted by atomic mass is 10.2. The number of carbonyl (C=O) groups is 2. The van der Waals surface area contributed by atoms with Gasteiger partial charge in [-0.05, 0) is 12.1 Å². The molecule has 0 saturated carbocycles. The average molecular weight is 261 g/mol. The van der Waals surface area contributed by atoms with E-state index in [0.717, 1.165) is 12.5 Å². The van der Waals surface area contributed by atoms with Crippen molar-refractivity contribution in [2.24, 2.45) is 5.73 Å². The number of nitrogens with two attached hydrogens (primary N) is 1. The SMILES string of the molecule is CS(C)(=O)=O.NC=O.O=C(O)c1ccccc1. The summed E-state index contributed by atoms with van der Waals surface area (Å²) in [6, 6.07) is 8.30. The molecule has 3 N–H and O–H groups in total. The van der Waals surface area contributed by atoms with Crippen LogP contribution < -0.4 is 5.73 Å². The van der Waals surface area contributed by atoms with Crippen LogP contribution in [0.5, 0.6) is 0 Å². The Bertz CT molecular complexity index is 419. The van der Waals surface area contributed by atoms with Gasteiger partial charge >= 0.3 is 5.97 Å². The van der Waals surface area contributed by atoms with Crippen molar-refractivity contribution in [1.82, 2.24) is 0 Å². The molecule has 1 amide bonds. The number of primary amides is 1. The van der Waals surface area contributed by atoms with E-state index in [9.17, 15) is 13.2 Å². The second-order valence-electron chi connectivity index (χ2n) is 2.95. The van der Waals surface area contributed by atoms with E-state index in [4.69, 9.17) is 9.90 Å². The molecule has 0 aromatic heterocycles. The molecule has 0 aliphatic rings. The summed E-state index contributed by atoms with van der Waals surface area (Å²) in [5.74, 6) is -0.879. The number of sulfone groups is 1. The zero-order chi connectivity index (χ0) is 13.9. The van der Waals surface area contributed by atoms with Gasteiger partial charge in [-0.2, -0.15) is 0 Å². The van der Waals surface area contributed by atoms with Crippen LogP contribution >= 0.6 is 0 Å². The van der Waals surface area contributed by atoms with Crippen LogP contribution in [-0.4, -0.2) is 38.4 Å². The molecule has 1 aromatic rings. The van der Waals surface area contributed by atoms with Gasteiger partial charge in [0, 0.05) is 12.5 Å². The summed E-state index contributed by atoms with van der Waals surface area (Å²) >= 11 is 0. The minimum absolute atomic E-state index is 0.250. The van der Waals surface area contributed by atoms with Crippen LogP contribution in [0.4, 0.5) is 0 Å². The number of carboxylic acid groups (broad SMARTS) is 1. The summed E-state index contributed by atoms with van der Waals surface area (Å²) in [6.45, 7) is 0. The maximum Gasteiger partial charge on any atom is 0.335 e. The van der Waals surface area contributed by atoms with Crippen molar-refractivity contribution in [1.29, 1.82) is 0 Å². The molecular formula is C10H15NO5S. The first-order chi connectivity index (χ1) is 7.72. The molecule has 0 aliphatic heterocycles. The van der Waals surface area contributed by atoms with E-state index in [1.54, 1.807) is 30.3 Å². The van der Waals surface area contributed by atoms with Gasteiger partial charge in [0.1, 0.15) is 9.84 Å². The standard InChI is InChI=1S/C7H6O2.C2H6O2S.CH3NO/c8-7(9)6-4-2-1-3-5-6;1-5(2,3)4;2-1-3/h1-5H,(H,8,9);1-2H3;1H,(H2,2,3). The zero-order valence-corrected chi connectivity index (χ0v) is 10.3. The van der Waals surface area contributed by atoms with Crippen molar-refractivity contribution in [3.8, 4) is 0 Å². The average Bonchev–Trinajstić information content (AvgIpc) is 2.17. The highest BCUT2D eigenvalue weighted by Gasteiger charge is 1.96. The summed E-state index contributed by atoms with van der Waals surface area (Å²) in [5.41, 5.74) is 4.50. The lowest BCUT2D eigenvalue weighted by Crippen LogP contribution is -1.93. The molecule has 0 radical (unpaired) electrons. The summed E-state index contributed by atoms with van der Waals surface area (Å²) in [7, 11) is -2.67. The highest BCUT2D eigenvalue weighted by Crippen LogP contribution is 1.96. The van der Waals surface area contributed by atoms with E-state index in [1.807, 2.05) is 0 Å². The minimum atomic E-state index is -2.67. The number of rotatable bonds is 1. The highest BCUT2D eigenvalue weighted by atomic mass is 32.2. The number of carbonyl (C=O) groups excluding carboxylic acids is 1. The second-order valence-corrected chi connectivity index (χ2v) is 5.24. The number of amides is 1. The van der Waals surface area contributed by atoms with Gasteiger partial charge < -0.3 is 10.8 Å². The molecule has 0 unspecified atom stereocenters. The number of aromatic carboxylic acids is 1. The van der Waals surface area contributed by atoms with Crippen LogP contribution in [0.25, 0.3) is 0 Å². The van der Waals surface area contributed by atoms with Gasteiger partial charge in [-0.15, -0.1) is 0 Å². The summed E-state index contributed by atoms with van der Waals surface area (Å²) in [6.07, 6.45) is 2.57. The first kappa shape index (κ1) is 17.5. The molecule has 6 nitrogen and oxygen atoms in total. The van der Waals surface area contributed by atoms with E-state index >= 15 is 0 Å². The normalized spacial score (nSPS) is 8.82. The fraction of sp³-hybridized carbons (Fsp3) is 0.200. The quantitative estimate of drug-likeness (QED) is 0.698. The molecule has 17 heavy (non-hydrogen) atoms. The molecule has 0 spiro atoms. The van der Waals surface area contributed by atoms with Crippen LogP contribution in [0.15, 0.2) is 30.3 Å². The fourth-order valence-corrected chi connectivity index (χ4v) is 0.581. The third-order valence-electron chi connectivity index (χ3n) is 1.02. The van der Waals surface area contributed by atoms with Crippen molar-refractivity contribution < 1.29 is 23.1 Å². The van der Waals surface area contributed by atoms with Crippen LogP contribution in [0.1, 0.15) is 10.4 Å². The third kappa shape index (κ3) is 20.2. The minimum Gasteiger partial charge on any atom is -0.478 e. The van der Waals surface area contributed by atoms with Crippen molar-refractivity contribution >= 4 is 22.2 Å². The molecule has 1 aromatic carbocycles. The van der Waals surface area contributed by atoms with E-state index in [0.29, 0.717) is 5.56 Å². The Hall–Kier alpha value is -1.89. The van der Waals surface area contributed by atoms with Gasteiger partial charge in [0.05, 0.1) is 5.56 Å². The number of hydrogen-bond donors (Lipinski definition) is 2. The Morgan fingerprint density at radius 3 is 1.71 bits per heavy atom. The molecule has 0 saturated heterocycles.